The number of furan rings is 1. The Bertz CT molecular complexity index is 172. The normalized spacial score (nSPS) is 12.0. The molecule has 1 aliphatic rings. The Morgan fingerprint density at radius 1 is 1.20 bits per heavy atom. The van der Waals surface area contributed by atoms with Gasteiger partial charge in [0.2, 0.25) is 0 Å². The Balaban J connectivity index is 0.0000001000. The fourth-order valence-corrected chi connectivity index (χ4v) is 0.445. The second-order valence-electron chi connectivity index (χ2n) is 1.56. The Kier molecular flexibility index (Phi) is 2.96. The molecule has 0 fully saturated rings. The minimum absolute atomic E-state index is 1.57. The van der Waals surface area contributed by atoms with Crippen molar-refractivity contribution in [1.29, 1.82) is 0 Å². The van der Waals surface area contributed by atoms with E-state index in [9.17, 15) is 0 Å². The molecule has 0 aromatic carbocycles. The first-order chi connectivity index (χ1) is 5.00. The molecule has 2 radical (unpaired) electrons. The average molecular weight is 133 g/mol. The summed E-state index contributed by atoms with van der Waals surface area (Å²) >= 11 is 0. The molecule has 1 aromatic rings. The van der Waals surface area contributed by atoms with Gasteiger partial charge in [-0.05, 0) is 24.3 Å². The molecule has 1 aliphatic heterocycles. The van der Waals surface area contributed by atoms with Crippen LogP contribution < -0.4 is 5.32 Å². The molecule has 50 valence electrons. The number of allylic oxidation sites excluding steroid dienone is 2. The molecule has 0 spiro atoms. The first-order valence-corrected chi connectivity index (χ1v) is 2.91. The van der Waals surface area contributed by atoms with Crippen molar-refractivity contribution in [2.45, 2.75) is 0 Å². The molecule has 0 atom stereocenters. The molecule has 2 rings (SSSR count). The smallest absolute Gasteiger partial charge is 0.169 e. The molecule has 10 heavy (non-hydrogen) atoms. The molecular formula is C8H7NO. The first kappa shape index (κ1) is 6.68. The molecule has 0 N–H and O–H groups in total. The van der Waals surface area contributed by atoms with Crippen molar-refractivity contribution >= 4 is 0 Å². The van der Waals surface area contributed by atoms with Gasteiger partial charge in [-0.15, -0.1) is 0 Å². The predicted molar refractivity (Wildman–Crippen MR) is 38.0 cm³/mol. The molecule has 0 aliphatic carbocycles. The second-order valence-corrected chi connectivity index (χ2v) is 1.56. The van der Waals surface area contributed by atoms with Gasteiger partial charge in [-0.25, -0.2) is 0 Å². The Hall–Kier alpha value is -1.44. The van der Waals surface area contributed by atoms with Crippen LogP contribution >= 0.6 is 0 Å². The quantitative estimate of drug-likeness (QED) is 0.529. The SMILES string of the molecule is C1=C[N]C=C1.[c]1ccco1. The van der Waals surface area contributed by atoms with Crippen molar-refractivity contribution in [1.82, 2.24) is 5.32 Å². The van der Waals surface area contributed by atoms with E-state index < -0.39 is 0 Å². The molecular weight excluding hydrogens is 126 g/mol. The van der Waals surface area contributed by atoms with Crippen molar-refractivity contribution in [2.75, 3.05) is 0 Å². The van der Waals surface area contributed by atoms with Gasteiger partial charge in [0.05, 0.1) is 6.26 Å². The predicted octanol–water partition coefficient (Wildman–Crippen LogP) is 1.71. The van der Waals surface area contributed by atoms with Gasteiger partial charge in [0, 0.05) is 12.4 Å². The lowest BCUT2D eigenvalue weighted by atomic mass is 10.6. The van der Waals surface area contributed by atoms with Crippen LogP contribution in [0.4, 0.5) is 0 Å². The highest BCUT2D eigenvalue weighted by molar-refractivity contribution is 5.08. The molecule has 2 nitrogen and oxygen atoms in total. The third-order valence-corrected chi connectivity index (χ3v) is 0.834. The maximum absolute atomic E-state index is 4.46. The minimum atomic E-state index is 1.57. The third-order valence-electron chi connectivity index (χ3n) is 0.834. The molecule has 0 saturated carbocycles. The minimum Gasteiger partial charge on any atom is -0.461 e. The number of nitrogens with zero attached hydrogens (tertiary/aromatic N) is 1. The lowest BCUT2D eigenvalue weighted by molar-refractivity contribution is 0.558. The van der Waals surface area contributed by atoms with Gasteiger partial charge in [-0.3, -0.25) is 5.32 Å². The summed E-state index contributed by atoms with van der Waals surface area (Å²) in [6.45, 7) is 0. The van der Waals surface area contributed by atoms with Gasteiger partial charge in [-0.1, -0.05) is 0 Å². The average Bonchev–Trinajstić information content (AvgIpc) is 2.67. The zero-order valence-corrected chi connectivity index (χ0v) is 5.40. The van der Waals surface area contributed by atoms with Gasteiger partial charge < -0.3 is 4.42 Å². The number of hydrogen-bond acceptors (Lipinski definition) is 1. The maximum Gasteiger partial charge on any atom is 0.169 e. The van der Waals surface area contributed by atoms with Crippen LogP contribution in [0, 0.1) is 6.26 Å². The molecule has 2 heteroatoms. The third kappa shape index (κ3) is 2.77. The number of hydrogen-bond donors (Lipinski definition) is 0. The van der Waals surface area contributed by atoms with E-state index in [0.717, 1.165) is 0 Å². The standard InChI is InChI=1S/C4H4N.C4H3O/c2*1-2-4-5-3-1/h1-4H;1-3H. The van der Waals surface area contributed by atoms with Crippen LogP contribution in [0.5, 0.6) is 0 Å². The first-order valence-electron chi connectivity index (χ1n) is 2.91. The summed E-state index contributed by atoms with van der Waals surface area (Å²) in [4.78, 5) is 0. The Labute approximate surface area is 59.9 Å². The summed E-state index contributed by atoms with van der Waals surface area (Å²) in [5.41, 5.74) is 0. The lowest BCUT2D eigenvalue weighted by Crippen LogP contribution is -1.68. The molecule has 0 bridgehead atoms. The topological polar surface area (TPSA) is 27.2 Å². The molecule has 0 amide bonds. The van der Waals surface area contributed by atoms with E-state index >= 15 is 0 Å². The Morgan fingerprint density at radius 3 is 2.20 bits per heavy atom. The van der Waals surface area contributed by atoms with Gasteiger partial charge in [0.15, 0.2) is 6.26 Å². The van der Waals surface area contributed by atoms with Crippen LogP contribution in [-0.2, 0) is 0 Å². The highest BCUT2D eigenvalue weighted by Gasteiger charge is 1.71. The van der Waals surface area contributed by atoms with Crippen molar-refractivity contribution in [2.24, 2.45) is 0 Å². The van der Waals surface area contributed by atoms with E-state index in [2.05, 4.69) is 16.0 Å². The molecule has 2 heterocycles. The zero-order valence-electron chi connectivity index (χ0n) is 5.40. The molecule has 0 unspecified atom stereocenters. The molecule has 1 aromatic heterocycles. The monoisotopic (exact) mass is 133 g/mol. The van der Waals surface area contributed by atoms with Crippen LogP contribution in [0.3, 0.4) is 0 Å². The van der Waals surface area contributed by atoms with Gasteiger partial charge in [0.1, 0.15) is 0 Å². The van der Waals surface area contributed by atoms with Gasteiger partial charge in [-0.2, -0.15) is 0 Å². The van der Waals surface area contributed by atoms with Gasteiger partial charge in [0.25, 0.3) is 0 Å². The zero-order chi connectivity index (χ0) is 7.07. The van der Waals surface area contributed by atoms with E-state index in [1.165, 1.54) is 0 Å². The van der Waals surface area contributed by atoms with Crippen molar-refractivity contribution < 1.29 is 4.42 Å². The van der Waals surface area contributed by atoms with Crippen molar-refractivity contribution in [3.63, 3.8) is 0 Å². The highest BCUT2D eigenvalue weighted by atomic mass is 16.3. The van der Waals surface area contributed by atoms with Crippen LogP contribution in [0.25, 0.3) is 0 Å². The summed E-state index contributed by atoms with van der Waals surface area (Å²) in [6.07, 6.45) is 11.3. The number of rotatable bonds is 0. The summed E-state index contributed by atoms with van der Waals surface area (Å²) in [7, 11) is 0. The highest BCUT2D eigenvalue weighted by Crippen LogP contribution is 1.81. The van der Waals surface area contributed by atoms with Crippen molar-refractivity contribution in [3.8, 4) is 0 Å². The summed E-state index contributed by atoms with van der Waals surface area (Å²) in [5, 5.41) is 3.72. The largest absolute Gasteiger partial charge is 0.461 e. The van der Waals surface area contributed by atoms with Crippen LogP contribution in [0.1, 0.15) is 0 Å². The van der Waals surface area contributed by atoms with Crippen LogP contribution in [0.15, 0.2) is 47.4 Å². The molecule has 0 saturated heterocycles. The lowest BCUT2D eigenvalue weighted by Gasteiger charge is -1.63. The summed E-state index contributed by atoms with van der Waals surface area (Å²) in [5.74, 6) is 0. The van der Waals surface area contributed by atoms with E-state index in [-0.39, 0.29) is 0 Å². The summed E-state index contributed by atoms with van der Waals surface area (Å²) < 4.78 is 4.46. The van der Waals surface area contributed by atoms with E-state index in [1.807, 2.05) is 12.2 Å². The van der Waals surface area contributed by atoms with Crippen molar-refractivity contribution in [3.05, 3.63) is 49.2 Å². The maximum atomic E-state index is 4.46. The fourth-order valence-electron chi connectivity index (χ4n) is 0.445. The van der Waals surface area contributed by atoms with Gasteiger partial charge >= 0.3 is 0 Å². The Morgan fingerprint density at radius 2 is 2.00 bits per heavy atom. The van der Waals surface area contributed by atoms with Crippen LogP contribution in [-0.4, -0.2) is 0 Å². The van der Waals surface area contributed by atoms with E-state index in [0.29, 0.717) is 0 Å². The second kappa shape index (κ2) is 4.44. The van der Waals surface area contributed by atoms with E-state index in [4.69, 9.17) is 0 Å². The van der Waals surface area contributed by atoms with E-state index in [1.54, 1.807) is 30.8 Å². The summed E-state index contributed by atoms with van der Waals surface area (Å²) in [6, 6.07) is 3.49. The fraction of sp³-hybridized carbons (Fsp3) is 0. The van der Waals surface area contributed by atoms with Crippen LogP contribution in [0.2, 0.25) is 0 Å².